The first-order chi connectivity index (χ1) is 12.0. The molecule has 0 fully saturated rings. The second kappa shape index (κ2) is 6.65. The predicted octanol–water partition coefficient (Wildman–Crippen LogP) is 3.24. The molecule has 0 aliphatic rings. The summed E-state index contributed by atoms with van der Waals surface area (Å²) < 4.78 is 5.32. The number of methoxy groups -OCH3 is 1. The van der Waals surface area contributed by atoms with Gasteiger partial charge in [-0.2, -0.15) is 0 Å². The number of esters is 1. The number of nitro benzene ring substituents is 1. The first-order valence-electron chi connectivity index (χ1n) is 7.02. The number of benzene rings is 2. The van der Waals surface area contributed by atoms with Crippen LogP contribution in [-0.4, -0.2) is 28.9 Å². The molecule has 9 heteroatoms. The fourth-order valence-electron chi connectivity index (χ4n) is 2.13. The number of anilines is 1. The van der Waals surface area contributed by atoms with Crippen molar-refractivity contribution < 1.29 is 19.2 Å². The van der Waals surface area contributed by atoms with Gasteiger partial charge in [0, 0.05) is 17.7 Å². The number of nitrogens with zero attached hydrogens (tertiary/aromatic N) is 2. The average Bonchev–Trinajstić information content (AvgIpc) is 3.02. The Hall–Kier alpha value is -3.33. The summed E-state index contributed by atoms with van der Waals surface area (Å²) in [5, 5.41) is 13.8. The van der Waals surface area contributed by atoms with E-state index in [9.17, 15) is 19.7 Å². The molecule has 3 aromatic rings. The van der Waals surface area contributed by atoms with Crippen LogP contribution in [0, 0.1) is 10.1 Å². The van der Waals surface area contributed by atoms with Gasteiger partial charge in [0.05, 0.1) is 27.8 Å². The molecular weight excluding hydrogens is 346 g/mol. The molecule has 0 unspecified atom stereocenters. The van der Waals surface area contributed by atoms with Crippen molar-refractivity contribution in [3.05, 3.63) is 63.7 Å². The second-order valence-electron chi connectivity index (χ2n) is 4.95. The third kappa shape index (κ3) is 3.45. The van der Waals surface area contributed by atoms with E-state index in [2.05, 4.69) is 15.0 Å². The van der Waals surface area contributed by atoms with Crippen molar-refractivity contribution in [3.8, 4) is 0 Å². The van der Waals surface area contributed by atoms with Crippen LogP contribution in [0.3, 0.4) is 0 Å². The predicted molar refractivity (Wildman–Crippen MR) is 92.0 cm³/mol. The Morgan fingerprint density at radius 3 is 2.48 bits per heavy atom. The van der Waals surface area contributed by atoms with E-state index < -0.39 is 16.8 Å². The van der Waals surface area contributed by atoms with Gasteiger partial charge in [-0.25, -0.2) is 9.78 Å². The highest BCUT2D eigenvalue weighted by Crippen LogP contribution is 2.29. The van der Waals surface area contributed by atoms with Crippen LogP contribution in [0.4, 0.5) is 10.8 Å². The van der Waals surface area contributed by atoms with Gasteiger partial charge in [0.1, 0.15) is 0 Å². The zero-order valence-corrected chi connectivity index (χ0v) is 13.7. The van der Waals surface area contributed by atoms with Crippen LogP contribution in [0.2, 0.25) is 0 Å². The molecule has 0 aliphatic carbocycles. The average molecular weight is 357 g/mol. The fourth-order valence-corrected chi connectivity index (χ4v) is 2.97. The number of fused-ring (bicyclic) bond motifs is 1. The number of ether oxygens (including phenoxy) is 1. The molecule has 0 saturated carbocycles. The minimum Gasteiger partial charge on any atom is -0.465 e. The lowest BCUT2D eigenvalue weighted by Gasteiger charge is -2.03. The summed E-state index contributed by atoms with van der Waals surface area (Å²) in [7, 11) is 1.28. The quantitative estimate of drug-likeness (QED) is 0.436. The maximum atomic E-state index is 12.2. The molecular formula is C16H11N3O5S. The zero-order chi connectivity index (χ0) is 18.0. The molecule has 3 rings (SSSR count). The van der Waals surface area contributed by atoms with Crippen LogP contribution in [0.25, 0.3) is 10.2 Å². The van der Waals surface area contributed by atoms with Gasteiger partial charge >= 0.3 is 5.97 Å². The highest BCUT2D eigenvalue weighted by Gasteiger charge is 2.13. The number of carbonyl (C=O) groups is 2. The standard InChI is InChI=1S/C16H11N3O5S/c1-24-15(21)10-4-2-9(3-5-10)14(20)18-16-17-12-8-11(19(22)23)6-7-13(12)25-16/h2-8H,1H3,(H,17,18,20). The van der Waals surface area contributed by atoms with Crippen LogP contribution in [-0.2, 0) is 4.74 Å². The lowest BCUT2D eigenvalue weighted by atomic mass is 10.1. The minimum absolute atomic E-state index is 0.0610. The second-order valence-corrected chi connectivity index (χ2v) is 5.98. The van der Waals surface area contributed by atoms with Crippen molar-refractivity contribution in [2.24, 2.45) is 0 Å². The number of thiazole rings is 1. The number of non-ortho nitro benzene ring substituents is 1. The van der Waals surface area contributed by atoms with Crippen molar-refractivity contribution in [1.82, 2.24) is 4.98 Å². The normalized spacial score (nSPS) is 10.4. The zero-order valence-electron chi connectivity index (χ0n) is 12.9. The molecule has 0 spiro atoms. The van der Waals surface area contributed by atoms with Crippen LogP contribution < -0.4 is 5.32 Å². The Morgan fingerprint density at radius 2 is 1.84 bits per heavy atom. The van der Waals surface area contributed by atoms with E-state index in [0.29, 0.717) is 21.8 Å². The van der Waals surface area contributed by atoms with Crippen molar-refractivity contribution in [3.63, 3.8) is 0 Å². The van der Waals surface area contributed by atoms with Crippen LogP contribution in [0.5, 0.6) is 0 Å². The van der Waals surface area contributed by atoms with Crippen molar-refractivity contribution in [2.45, 2.75) is 0 Å². The van der Waals surface area contributed by atoms with Gasteiger partial charge in [0.2, 0.25) is 0 Å². The Morgan fingerprint density at radius 1 is 1.16 bits per heavy atom. The van der Waals surface area contributed by atoms with E-state index in [0.717, 1.165) is 4.70 Å². The molecule has 1 N–H and O–H groups in total. The first-order valence-corrected chi connectivity index (χ1v) is 7.84. The molecule has 25 heavy (non-hydrogen) atoms. The summed E-state index contributed by atoms with van der Waals surface area (Å²) in [6.45, 7) is 0. The number of carbonyl (C=O) groups excluding carboxylic acids is 2. The SMILES string of the molecule is COC(=O)c1ccc(C(=O)Nc2nc3cc([N+](=O)[O-])ccc3s2)cc1. The van der Waals surface area contributed by atoms with E-state index >= 15 is 0 Å². The van der Waals surface area contributed by atoms with E-state index in [1.807, 2.05) is 0 Å². The molecule has 0 saturated heterocycles. The number of hydrogen-bond acceptors (Lipinski definition) is 7. The maximum absolute atomic E-state index is 12.2. The molecule has 1 aromatic heterocycles. The smallest absolute Gasteiger partial charge is 0.337 e. The summed E-state index contributed by atoms with van der Waals surface area (Å²) >= 11 is 1.21. The first kappa shape index (κ1) is 16.5. The summed E-state index contributed by atoms with van der Waals surface area (Å²) in [5.41, 5.74) is 1.06. The van der Waals surface area contributed by atoms with E-state index in [1.165, 1.54) is 54.8 Å². The van der Waals surface area contributed by atoms with Gasteiger partial charge in [-0.15, -0.1) is 0 Å². The number of amides is 1. The van der Waals surface area contributed by atoms with Gasteiger partial charge < -0.3 is 4.74 Å². The van der Waals surface area contributed by atoms with Crippen LogP contribution in [0.15, 0.2) is 42.5 Å². The van der Waals surface area contributed by atoms with Gasteiger partial charge in [0.25, 0.3) is 11.6 Å². The highest BCUT2D eigenvalue weighted by molar-refractivity contribution is 7.22. The van der Waals surface area contributed by atoms with E-state index in [4.69, 9.17) is 0 Å². The molecule has 1 heterocycles. The molecule has 126 valence electrons. The maximum Gasteiger partial charge on any atom is 0.337 e. The Kier molecular flexibility index (Phi) is 4.40. The molecule has 0 atom stereocenters. The van der Waals surface area contributed by atoms with Crippen molar-refractivity contribution in [1.29, 1.82) is 0 Å². The number of aromatic nitrogens is 1. The summed E-state index contributed by atoms with van der Waals surface area (Å²) in [5.74, 6) is -0.885. The van der Waals surface area contributed by atoms with Crippen LogP contribution in [0.1, 0.15) is 20.7 Å². The van der Waals surface area contributed by atoms with Gasteiger partial charge in [-0.1, -0.05) is 11.3 Å². The number of nitro groups is 1. The van der Waals surface area contributed by atoms with Crippen molar-refractivity contribution >= 4 is 44.2 Å². The van der Waals surface area contributed by atoms with E-state index in [-0.39, 0.29) is 5.69 Å². The molecule has 0 radical (unpaired) electrons. The van der Waals surface area contributed by atoms with Gasteiger partial charge in [-0.05, 0) is 30.3 Å². The molecule has 2 aromatic carbocycles. The van der Waals surface area contributed by atoms with Gasteiger partial charge in [-0.3, -0.25) is 20.2 Å². The number of nitrogens with one attached hydrogen (secondary N) is 1. The Balaban J connectivity index is 1.79. The lowest BCUT2D eigenvalue weighted by Crippen LogP contribution is -2.12. The minimum atomic E-state index is -0.500. The summed E-state index contributed by atoms with van der Waals surface area (Å²) in [6.07, 6.45) is 0. The Labute approximate surface area is 145 Å². The largest absolute Gasteiger partial charge is 0.465 e. The summed E-state index contributed by atoms with van der Waals surface area (Å²) in [6, 6.07) is 10.3. The number of rotatable bonds is 4. The molecule has 0 aliphatic heterocycles. The lowest BCUT2D eigenvalue weighted by molar-refractivity contribution is -0.384. The number of hydrogen-bond donors (Lipinski definition) is 1. The third-order valence-electron chi connectivity index (χ3n) is 3.37. The Bertz CT molecular complexity index is 981. The highest BCUT2D eigenvalue weighted by atomic mass is 32.1. The fraction of sp³-hybridized carbons (Fsp3) is 0.0625. The van der Waals surface area contributed by atoms with Gasteiger partial charge in [0.15, 0.2) is 5.13 Å². The third-order valence-corrected chi connectivity index (χ3v) is 4.32. The van der Waals surface area contributed by atoms with E-state index in [1.54, 1.807) is 6.07 Å². The molecule has 8 nitrogen and oxygen atoms in total. The topological polar surface area (TPSA) is 111 Å². The summed E-state index contributed by atoms with van der Waals surface area (Å²) in [4.78, 5) is 38.1. The molecule has 1 amide bonds. The molecule has 0 bridgehead atoms. The van der Waals surface area contributed by atoms with Crippen LogP contribution >= 0.6 is 11.3 Å². The monoisotopic (exact) mass is 357 g/mol. The van der Waals surface area contributed by atoms with Crippen molar-refractivity contribution in [2.75, 3.05) is 12.4 Å².